The van der Waals surface area contributed by atoms with Crippen molar-refractivity contribution >= 4 is 5.91 Å². The van der Waals surface area contributed by atoms with Gasteiger partial charge in [0.05, 0.1) is 12.1 Å². The van der Waals surface area contributed by atoms with E-state index in [1.54, 1.807) is 48.5 Å². The third-order valence-electron chi connectivity index (χ3n) is 4.53. The molecule has 0 radical (unpaired) electrons. The summed E-state index contributed by atoms with van der Waals surface area (Å²) in [5.74, 6) is 0.468. The van der Waals surface area contributed by atoms with Crippen LogP contribution in [0.4, 0.5) is 0 Å². The molecule has 1 aliphatic heterocycles. The molecule has 6 nitrogen and oxygen atoms in total. The van der Waals surface area contributed by atoms with E-state index in [0.29, 0.717) is 16.9 Å². The molecule has 0 aliphatic carbocycles. The Kier molecular flexibility index (Phi) is 5.74. The zero-order chi connectivity index (χ0) is 20.1. The molecule has 29 heavy (non-hydrogen) atoms. The summed E-state index contributed by atoms with van der Waals surface area (Å²) in [4.78, 5) is 18.7. The van der Waals surface area contributed by atoms with Gasteiger partial charge in [0.25, 0.3) is 5.91 Å². The Hall–Kier alpha value is -3.35. The van der Waals surface area contributed by atoms with E-state index in [4.69, 9.17) is 14.3 Å². The first-order chi connectivity index (χ1) is 14.2. The topological polar surface area (TPSA) is 68.2 Å². The smallest absolute Gasteiger partial charge is 0.277 e. The molecule has 0 aromatic heterocycles. The maximum atomic E-state index is 12.9. The monoisotopic (exact) mass is 391 g/mol. The van der Waals surface area contributed by atoms with Crippen LogP contribution in [0.25, 0.3) is 0 Å². The first kappa shape index (κ1) is 19.0. The minimum Gasteiger partial charge on any atom is -0.507 e. The fourth-order valence-electron chi connectivity index (χ4n) is 3.06. The van der Waals surface area contributed by atoms with E-state index < -0.39 is 12.4 Å². The summed E-state index contributed by atoms with van der Waals surface area (Å²) >= 11 is 0. The molecule has 6 heteroatoms. The van der Waals surface area contributed by atoms with Crippen molar-refractivity contribution < 1.29 is 24.2 Å². The van der Waals surface area contributed by atoms with Gasteiger partial charge in [-0.25, -0.2) is 9.90 Å². The van der Waals surface area contributed by atoms with Crippen LogP contribution >= 0.6 is 0 Å². The Balaban J connectivity index is 1.54. The zero-order valence-corrected chi connectivity index (χ0v) is 15.7. The van der Waals surface area contributed by atoms with Crippen molar-refractivity contribution in [2.45, 2.75) is 12.4 Å². The largest absolute Gasteiger partial charge is 0.507 e. The Morgan fingerprint density at radius 3 is 2.34 bits per heavy atom. The van der Waals surface area contributed by atoms with Gasteiger partial charge in [0.15, 0.2) is 0 Å². The van der Waals surface area contributed by atoms with Gasteiger partial charge in [-0.05, 0) is 30.3 Å². The maximum absolute atomic E-state index is 12.9. The first-order valence-electron chi connectivity index (χ1n) is 9.35. The number of hydrogen-bond acceptors (Lipinski definition) is 5. The van der Waals surface area contributed by atoms with Gasteiger partial charge in [0.1, 0.15) is 24.2 Å². The van der Waals surface area contributed by atoms with Gasteiger partial charge in [-0.1, -0.05) is 54.6 Å². The number of amides is 1. The summed E-state index contributed by atoms with van der Waals surface area (Å²) in [6, 6.07) is 25.0. The van der Waals surface area contributed by atoms with E-state index in [2.05, 4.69) is 0 Å². The number of hydroxylamine groups is 2. The van der Waals surface area contributed by atoms with Gasteiger partial charge in [-0.3, -0.25) is 4.79 Å². The molecule has 1 amide bonds. The van der Waals surface area contributed by atoms with Gasteiger partial charge in [0, 0.05) is 5.56 Å². The van der Waals surface area contributed by atoms with Crippen LogP contribution < -0.4 is 4.74 Å². The van der Waals surface area contributed by atoms with Crippen LogP contribution in [-0.4, -0.2) is 35.3 Å². The molecule has 3 aromatic carbocycles. The van der Waals surface area contributed by atoms with Crippen molar-refractivity contribution in [3.8, 4) is 11.5 Å². The molecule has 1 fully saturated rings. The number of benzene rings is 3. The third-order valence-corrected chi connectivity index (χ3v) is 4.53. The SMILES string of the molecule is O=C(c1ccccc1)N1C[C@H](COc2ccccc2)O[C@H](c2ccccc2O)O1. The lowest BCUT2D eigenvalue weighted by atomic mass is 10.1. The van der Waals surface area contributed by atoms with E-state index >= 15 is 0 Å². The number of para-hydroxylation sites is 2. The number of carbonyl (C=O) groups is 1. The molecule has 1 N–H and O–H groups in total. The molecule has 0 unspecified atom stereocenters. The van der Waals surface area contributed by atoms with Crippen molar-refractivity contribution in [1.82, 2.24) is 5.06 Å². The number of phenols is 1. The Morgan fingerprint density at radius 1 is 0.966 bits per heavy atom. The highest BCUT2D eigenvalue weighted by atomic mass is 16.8. The van der Waals surface area contributed by atoms with Crippen LogP contribution in [0.2, 0.25) is 0 Å². The number of hydrogen-bond donors (Lipinski definition) is 1. The van der Waals surface area contributed by atoms with E-state index in [-0.39, 0.29) is 24.8 Å². The summed E-state index contributed by atoms with van der Waals surface area (Å²) < 4.78 is 11.8. The van der Waals surface area contributed by atoms with Crippen molar-refractivity contribution in [2.24, 2.45) is 0 Å². The molecule has 0 saturated carbocycles. The van der Waals surface area contributed by atoms with E-state index in [1.165, 1.54) is 5.06 Å². The second-order valence-corrected chi connectivity index (χ2v) is 6.61. The number of ether oxygens (including phenoxy) is 2. The lowest BCUT2D eigenvalue weighted by Crippen LogP contribution is -2.47. The van der Waals surface area contributed by atoms with Crippen molar-refractivity contribution in [3.63, 3.8) is 0 Å². The maximum Gasteiger partial charge on any atom is 0.277 e. The molecule has 1 heterocycles. The number of carbonyl (C=O) groups excluding carboxylic acids is 1. The van der Waals surface area contributed by atoms with E-state index in [9.17, 15) is 9.90 Å². The average Bonchev–Trinajstić information content (AvgIpc) is 2.78. The predicted octanol–water partition coefficient (Wildman–Crippen LogP) is 3.94. The van der Waals surface area contributed by atoms with Crippen molar-refractivity contribution in [2.75, 3.05) is 13.2 Å². The van der Waals surface area contributed by atoms with Gasteiger partial charge in [-0.15, -0.1) is 0 Å². The van der Waals surface area contributed by atoms with E-state index in [0.717, 1.165) is 0 Å². The summed E-state index contributed by atoms with van der Waals surface area (Å²) in [6.45, 7) is 0.431. The number of phenolic OH excluding ortho intramolecular Hbond substituents is 1. The minimum absolute atomic E-state index is 0.0363. The van der Waals surface area contributed by atoms with Gasteiger partial charge >= 0.3 is 0 Å². The second kappa shape index (κ2) is 8.77. The Morgan fingerprint density at radius 2 is 1.62 bits per heavy atom. The highest BCUT2D eigenvalue weighted by molar-refractivity contribution is 5.93. The number of aromatic hydroxyl groups is 1. The molecule has 1 aliphatic rings. The third kappa shape index (κ3) is 4.56. The van der Waals surface area contributed by atoms with Crippen molar-refractivity contribution in [3.05, 3.63) is 96.1 Å². The minimum atomic E-state index is -0.929. The lowest BCUT2D eigenvalue weighted by Gasteiger charge is -2.37. The first-order valence-corrected chi connectivity index (χ1v) is 9.35. The van der Waals surface area contributed by atoms with Crippen LogP contribution in [0.1, 0.15) is 22.2 Å². The molecular weight excluding hydrogens is 370 g/mol. The van der Waals surface area contributed by atoms with E-state index in [1.807, 2.05) is 36.4 Å². The molecule has 1 saturated heterocycles. The molecule has 4 rings (SSSR count). The fraction of sp³-hybridized carbons (Fsp3) is 0.174. The molecule has 148 valence electrons. The van der Waals surface area contributed by atoms with Gasteiger partial charge in [0.2, 0.25) is 6.29 Å². The molecule has 0 bridgehead atoms. The predicted molar refractivity (Wildman–Crippen MR) is 106 cm³/mol. The second-order valence-electron chi connectivity index (χ2n) is 6.61. The standard InChI is InChI=1S/C23H21NO5/c25-21-14-8-7-13-20(21)23-28-19(16-27-18-11-5-2-6-12-18)15-24(29-23)22(26)17-9-3-1-4-10-17/h1-14,19,23,25H,15-16H2/t19-,23+/m1/s1. The van der Waals surface area contributed by atoms with Crippen LogP contribution in [0, 0.1) is 0 Å². The Bertz CT molecular complexity index is 948. The highest BCUT2D eigenvalue weighted by Gasteiger charge is 2.34. The molecule has 2 atom stereocenters. The van der Waals surface area contributed by atoms with Crippen LogP contribution in [0.15, 0.2) is 84.9 Å². The van der Waals surface area contributed by atoms with Gasteiger partial charge < -0.3 is 14.6 Å². The van der Waals surface area contributed by atoms with Crippen LogP contribution in [0.3, 0.4) is 0 Å². The Labute approximate surface area is 168 Å². The average molecular weight is 391 g/mol. The summed E-state index contributed by atoms with van der Waals surface area (Å²) in [6.07, 6.45) is -1.37. The zero-order valence-electron chi connectivity index (χ0n) is 15.7. The number of rotatable bonds is 5. The molecule has 0 spiro atoms. The quantitative estimate of drug-likeness (QED) is 0.713. The van der Waals surface area contributed by atoms with Crippen molar-refractivity contribution in [1.29, 1.82) is 0 Å². The number of nitrogens with zero attached hydrogens (tertiary/aromatic N) is 1. The summed E-state index contributed by atoms with van der Waals surface area (Å²) in [5, 5.41) is 11.5. The highest BCUT2D eigenvalue weighted by Crippen LogP contribution is 2.33. The van der Waals surface area contributed by atoms with Gasteiger partial charge in [-0.2, -0.15) is 0 Å². The van der Waals surface area contributed by atoms with Crippen LogP contribution in [-0.2, 0) is 9.57 Å². The lowest BCUT2D eigenvalue weighted by molar-refractivity contribution is -0.326. The van der Waals surface area contributed by atoms with Crippen LogP contribution in [0.5, 0.6) is 11.5 Å². The molecule has 3 aromatic rings. The summed E-state index contributed by atoms with van der Waals surface area (Å²) in [5.41, 5.74) is 0.955. The molecular formula is C23H21NO5. The fourth-order valence-corrected chi connectivity index (χ4v) is 3.06. The normalized spacial score (nSPS) is 19.0. The summed E-state index contributed by atoms with van der Waals surface area (Å²) in [7, 11) is 0.